The van der Waals surface area contributed by atoms with E-state index in [2.05, 4.69) is 4.98 Å². The van der Waals surface area contributed by atoms with Gasteiger partial charge >= 0.3 is 0 Å². The van der Waals surface area contributed by atoms with Crippen LogP contribution in [0.25, 0.3) is 0 Å². The molecule has 0 spiro atoms. The topological polar surface area (TPSA) is 51.3 Å². The van der Waals surface area contributed by atoms with E-state index in [1.165, 1.54) is 0 Å². The molecule has 0 aliphatic carbocycles. The fourth-order valence-electron chi connectivity index (χ4n) is 2.15. The molecule has 1 N–H and O–H groups in total. The Bertz CT molecular complexity index is 619. The fraction of sp³-hybridized carbons (Fsp3) is 0.353. The lowest BCUT2D eigenvalue weighted by Gasteiger charge is -2.06. The van der Waals surface area contributed by atoms with Gasteiger partial charge in [0, 0.05) is 22.7 Å². The number of carbonyl (C=O) groups excluding carboxylic acids is 1. The van der Waals surface area contributed by atoms with Crippen LogP contribution in [-0.2, 0) is 0 Å². The molecule has 1 heterocycles. The lowest BCUT2D eigenvalue weighted by atomic mass is 10.2. The Hall–Kier alpha value is -1.88. The number of thioether (sulfide) groups is 1. The van der Waals surface area contributed by atoms with Gasteiger partial charge in [-0.15, -0.1) is 0 Å². The van der Waals surface area contributed by atoms with Crippen LogP contribution in [0.1, 0.15) is 21.7 Å². The number of benzene rings is 1. The number of carbonyl (C=O) groups is 1. The van der Waals surface area contributed by atoms with Crippen molar-refractivity contribution in [3.63, 3.8) is 0 Å². The van der Waals surface area contributed by atoms with Crippen LogP contribution < -0.4 is 9.47 Å². The Morgan fingerprint density at radius 1 is 1.18 bits per heavy atom. The number of aromatic nitrogens is 1. The van der Waals surface area contributed by atoms with Crippen LogP contribution in [0.2, 0.25) is 0 Å². The zero-order chi connectivity index (χ0) is 15.9. The first-order valence-corrected chi connectivity index (χ1v) is 8.29. The Balaban J connectivity index is 1.68. The van der Waals surface area contributed by atoms with Crippen LogP contribution in [-0.4, -0.2) is 36.0 Å². The molecule has 0 bridgehead atoms. The molecule has 0 radical (unpaired) electrons. The normalized spacial score (nSPS) is 10.5. The minimum Gasteiger partial charge on any atom is -0.497 e. The summed E-state index contributed by atoms with van der Waals surface area (Å²) >= 11 is 1.59. The fourth-order valence-corrected chi connectivity index (χ4v) is 2.83. The van der Waals surface area contributed by atoms with Crippen molar-refractivity contribution in [3.05, 3.63) is 47.3 Å². The van der Waals surface area contributed by atoms with E-state index in [1.54, 1.807) is 18.9 Å². The molecule has 2 aromatic rings. The predicted molar refractivity (Wildman–Crippen MR) is 90.4 cm³/mol. The summed E-state index contributed by atoms with van der Waals surface area (Å²) in [7, 11) is 1.64. The van der Waals surface area contributed by atoms with E-state index in [0.29, 0.717) is 12.4 Å². The first-order chi connectivity index (χ1) is 10.6. The summed E-state index contributed by atoms with van der Waals surface area (Å²) in [5.41, 5.74) is 2.76. The SMILES string of the molecule is COc1ccc(OCCSCC(=O)c2cc(C)[nH]c2C)cc1. The molecule has 0 fully saturated rings. The minimum absolute atomic E-state index is 0.163. The molecular weight excluding hydrogens is 298 g/mol. The Morgan fingerprint density at radius 3 is 2.45 bits per heavy atom. The molecule has 0 saturated heterocycles. The highest BCUT2D eigenvalue weighted by atomic mass is 32.2. The maximum Gasteiger partial charge on any atom is 0.174 e. The zero-order valence-electron chi connectivity index (χ0n) is 13.1. The van der Waals surface area contributed by atoms with Gasteiger partial charge in [-0.25, -0.2) is 0 Å². The number of rotatable bonds is 8. The standard InChI is InChI=1S/C17H21NO3S/c1-12-10-16(13(2)18-12)17(19)11-22-9-8-21-15-6-4-14(20-3)5-7-15/h4-7,10,18H,8-9,11H2,1-3H3. The molecule has 0 aliphatic rings. The van der Waals surface area contributed by atoms with Crippen molar-refractivity contribution >= 4 is 17.5 Å². The molecule has 5 heteroatoms. The van der Waals surface area contributed by atoms with Crippen LogP contribution in [0, 0.1) is 13.8 Å². The predicted octanol–water partition coefficient (Wildman–Crippen LogP) is 3.64. The van der Waals surface area contributed by atoms with Crippen molar-refractivity contribution in [2.75, 3.05) is 25.2 Å². The summed E-state index contributed by atoms with van der Waals surface area (Å²) in [4.78, 5) is 15.2. The Morgan fingerprint density at radius 2 is 1.86 bits per heavy atom. The van der Waals surface area contributed by atoms with Gasteiger partial charge < -0.3 is 14.5 Å². The van der Waals surface area contributed by atoms with Crippen molar-refractivity contribution in [1.29, 1.82) is 0 Å². The summed E-state index contributed by atoms with van der Waals surface area (Å²) in [5.74, 6) is 3.04. The quantitative estimate of drug-likeness (QED) is 0.596. The highest BCUT2D eigenvalue weighted by molar-refractivity contribution is 8.00. The molecule has 0 amide bonds. The number of H-pyrrole nitrogens is 1. The molecule has 1 aromatic carbocycles. The van der Waals surface area contributed by atoms with Crippen molar-refractivity contribution in [2.45, 2.75) is 13.8 Å². The molecule has 4 nitrogen and oxygen atoms in total. The van der Waals surface area contributed by atoms with E-state index in [-0.39, 0.29) is 5.78 Å². The summed E-state index contributed by atoms with van der Waals surface area (Å²) in [6.45, 7) is 4.47. The maximum absolute atomic E-state index is 12.1. The number of Topliss-reactive ketones (excluding diaryl/α,β-unsaturated/α-hetero) is 1. The van der Waals surface area contributed by atoms with Crippen molar-refractivity contribution < 1.29 is 14.3 Å². The van der Waals surface area contributed by atoms with Crippen LogP contribution in [0.4, 0.5) is 0 Å². The lowest BCUT2D eigenvalue weighted by molar-refractivity contribution is 0.102. The average Bonchev–Trinajstić information content (AvgIpc) is 2.86. The molecule has 1 aromatic heterocycles. The largest absolute Gasteiger partial charge is 0.497 e. The van der Waals surface area contributed by atoms with Gasteiger partial charge in [0.2, 0.25) is 0 Å². The van der Waals surface area contributed by atoms with E-state index in [4.69, 9.17) is 9.47 Å². The van der Waals surface area contributed by atoms with E-state index in [0.717, 1.165) is 34.2 Å². The molecule has 0 aliphatic heterocycles. The minimum atomic E-state index is 0.163. The number of aryl methyl sites for hydroxylation is 2. The van der Waals surface area contributed by atoms with Crippen molar-refractivity contribution in [3.8, 4) is 11.5 Å². The molecule has 0 saturated carbocycles. The summed E-state index contributed by atoms with van der Waals surface area (Å²) in [6, 6.07) is 9.39. The molecule has 2 rings (SSSR count). The lowest BCUT2D eigenvalue weighted by Crippen LogP contribution is -2.06. The third-order valence-electron chi connectivity index (χ3n) is 3.24. The number of hydrogen-bond acceptors (Lipinski definition) is 4. The molecule has 0 unspecified atom stereocenters. The third-order valence-corrected chi connectivity index (χ3v) is 4.16. The first kappa shape index (κ1) is 16.5. The molecule has 22 heavy (non-hydrogen) atoms. The van der Waals surface area contributed by atoms with Crippen LogP contribution in [0.3, 0.4) is 0 Å². The first-order valence-electron chi connectivity index (χ1n) is 7.14. The number of hydrogen-bond donors (Lipinski definition) is 1. The van der Waals surface area contributed by atoms with Crippen LogP contribution in [0.5, 0.6) is 11.5 Å². The van der Waals surface area contributed by atoms with Crippen LogP contribution in [0.15, 0.2) is 30.3 Å². The summed E-state index contributed by atoms with van der Waals surface area (Å²) in [6.07, 6.45) is 0. The second kappa shape index (κ2) is 7.94. The Labute approximate surface area is 135 Å². The highest BCUT2D eigenvalue weighted by Gasteiger charge is 2.11. The monoisotopic (exact) mass is 319 g/mol. The molecule has 118 valence electrons. The smallest absolute Gasteiger partial charge is 0.174 e. The third kappa shape index (κ3) is 4.56. The maximum atomic E-state index is 12.1. The molecule has 0 atom stereocenters. The van der Waals surface area contributed by atoms with Gasteiger partial charge in [0.25, 0.3) is 0 Å². The van der Waals surface area contributed by atoms with E-state index < -0.39 is 0 Å². The summed E-state index contributed by atoms with van der Waals surface area (Å²) < 4.78 is 10.7. The van der Waals surface area contributed by atoms with Crippen LogP contribution >= 0.6 is 11.8 Å². The van der Waals surface area contributed by atoms with Gasteiger partial charge in [-0.1, -0.05) is 0 Å². The van der Waals surface area contributed by atoms with E-state index in [1.807, 2.05) is 44.2 Å². The number of nitrogens with one attached hydrogen (secondary N) is 1. The second-order valence-electron chi connectivity index (χ2n) is 4.99. The average molecular weight is 319 g/mol. The van der Waals surface area contributed by atoms with Gasteiger partial charge in [-0.3, -0.25) is 4.79 Å². The Kier molecular flexibility index (Phi) is 5.95. The summed E-state index contributed by atoms with van der Waals surface area (Å²) in [5, 5.41) is 0. The number of aromatic amines is 1. The van der Waals surface area contributed by atoms with Crippen molar-refractivity contribution in [1.82, 2.24) is 4.98 Å². The van der Waals surface area contributed by atoms with Gasteiger partial charge in [0.1, 0.15) is 11.5 Å². The molecular formula is C17H21NO3S. The number of ether oxygens (including phenoxy) is 2. The van der Waals surface area contributed by atoms with Gasteiger partial charge in [-0.2, -0.15) is 11.8 Å². The van der Waals surface area contributed by atoms with E-state index >= 15 is 0 Å². The number of methoxy groups -OCH3 is 1. The van der Waals surface area contributed by atoms with Gasteiger partial charge in [-0.05, 0) is 44.2 Å². The number of ketones is 1. The van der Waals surface area contributed by atoms with Gasteiger partial charge in [0.05, 0.1) is 19.5 Å². The highest BCUT2D eigenvalue weighted by Crippen LogP contribution is 2.17. The second-order valence-corrected chi connectivity index (χ2v) is 6.10. The van der Waals surface area contributed by atoms with Gasteiger partial charge in [0.15, 0.2) is 5.78 Å². The zero-order valence-corrected chi connectivity index (χ0v) is 14.0. The van der Waals surface area contributed by atoms with Crippen molar-refractivity contribution in [2.24, 2.45) is 0 Å². The van der Waals surface area contributed by atoms with E-state index in [9.17, 15) is 4.79 Å².